The van der Waals surface area contributed by atoms with E-state index in [2.05, 4.69) is 34.6 Å². The van der Waals surface area contributed by atoms with Gasteiger partial charge in [0.05, 0.1) is 32.1 Å². The van der Waals surface area contributed by atoms with Crippen molar-refractivity contribution in [3.05, 3.63) is 87.5 Å². The lowest BCUT2D eigenvalue weighted by Crippen LogP contribution is -2.25. The van der Waals surface area contributed by atoms with Crippen LogP contribution in [0.3, 0.4) is 0 Å². The second-order valence-electron chi connectivity index (χ2n) is 7.76. The van der Waals surface area contributed by atoms with Gasteiger partial charge in [0.15, 0.2) is 0 Å². The van der Waals surface area contributed by atoms with Crippen LogP contribution in [0.2, 0.25) is 5.02 Å². The number of benzene rings is 3. The molecule has 5 nitrogen and oxygen atoms in total. The number of anilines is 1. The minimum absolute atomic E-state index is 0.0490. The van der Waals surface area contributed by atoms with Crippen LogP contribution in [-0.4, -0.2) is 21.3 Å². The Kier molecular flexibility index (Phi) is 6.57. The van der Waals surface area contributed by atoms with E-state index >= 15 is 0 Å². The highest BCUT2D eigenvalue weighted by molar-refractivity contribution is 8.01. The zero-order valence-corrected chi connectivity index (χ0v) is 20.0. The second kappa shape index (κ2) is 9.45. The van der Waals surface area contributed by atoms with Gasteiger partial charge in [-0.05, 0) is 60.0 Å². The van der Waals surface area contributed by atoms with Crippen LogP contribution in [-0.2, 0) is 16.3 Å². The van der Waals surface area contributed by atoms with Crippen molar-refractivity contribution in [2.24, 2.45) is 0 Å². The lowest BCUT2D eigenvalue weighted by molar-refractivity contribution is -0.0498. The first kappa shape index (κ1) is 24.3. The highest BCUT2D eigenvalue weighted by Gasteiger charge is 2.17. The predicted octanol–water partition coefficient (Wildman–Crippen LogP) is 4.74. The molecular weight excluding hydrogens is 492 g/mol. The molecule has 0 bridgehead atoms. The predicted molar refractivity (Wildman–Crippen MR) is 138 cm³/mol. The average molecular weight is 512 g/mol. The summed E-state index contributed by atoms with van der Waals surface area (Å²) in [7, 11) is -3.08. The first-order valence-corrected chi connectivity index (χ1v) is 12.4. The number of rotatable bonds is 7. The van der Waals surface area contributed by atoms with Gasteiger partial charge in [-0.1, -0.05) is 36.9 Å². The summed E-state index contributed by atoms with van der Waals surface area (Å²) in [4.78, 5) is 0.301. The van der Waals surface area contributed by atoms with Crippen LogP contribution in [0.5, 0.6) is 5.75 Å². The van der Waals surface area contributed by atoms with Crippen molar-refractivity contribution in [2.45, 2.75) is 18.1 Å². The molecule has 4 aromatic rings. The number of nitriles is 1. The topological polar surface area (TPSA) is 67.0 Å². The van der Waals surface area contributed by atoms with E-state index in [1.165, 1.54) is 24.3 Å². The molecule has 1 heterocycles. The molecule has 3 aromatic carbocycles. The van der Waals surface area contributed by atoms with Gasteiger partial charge in [0.25, 0.3) is 0 Å². The smallest absolute Gasteiger partial charge is 0.387 e. The van der Waals surface area contributed by atoms with Gasteiger partial charge in [0.1, 0.15) is 5.75 Å². The third-order valence-electron chi connectivity index (χ3n) is 5.48. The molecule has 4 rings (SSSR count). The second-order valence-corrected chi connectivity index (χ2v) is 10.2. The maximum absolute atomic E-state index is 13.5. The molecule has 0 aliphatic heterocycles. The van der Waals surface area contributed by atoms with E-state index in [4.69, 9.17) is 11.6 Å². The van der Waals surface area contributed by atoms with Crippen LogP contribution in [0.1, 0.15) is 11.1 Å². The molecule has 0 saturated heterocycles. The van der Waals surface area contributed by atoms with Crippen molar-refractivity contribution in [2.75, 3.05) is 4.72 Å². The fraction of sp³-hybridized carbons (Fsp3) is 0.0769. The van der Waals surface area contributed by atoms with E-state index in [-0.39, 0.29) is 5.75 Å². The number of ether oxygens (including phenoxy) is 1. The number of halogens is 3. The van der Waals surface area contributed by atoms with Crippen molar-refractivity contribution in [3.8, 4) is 11.8 Å². The van der Waals surface area contributed by atoms with E-state index in [1.54, 1.807) is 30.3 Å². The summed E-state index contributed by atoms with van der Waals surface area (Å²) in [5.41, 5.74) is 1.91. The zero-order chi connectivity index (χ0) is 25.3. The monoisotopic (exact) mass is 511 g/mol. The largest absolute Gasteiger partial charge is 0.435 e. The fourth-order valence-electron chi connectivity index (χ4n) is 3.87. The minimum Gasteiger partial charge on any atom is -0.435 e. The third kappa shape index (κ3) is 4.87. The van der Waals surface area contributed by atoms with Gasteiger partial charge in [-0.2, -0.15) is 14.0 Å². The molecule has 1 aromatic heterocycles. The Morgan fingerprint density at radius 3 is 2.43 bits per heavy atom. The Labute approximate surface area is 206 Å². The molecule has 1 atom stereocenters. The first-order valence-electron chi connectivity index (χ1n) is 10.3. The quantitative estimate of drug-likeness (QED) is 0.364. The zero-order valence-electron chi connectivity index (χ0n) is 18.4. The number of nitrogens with one attached hydrogen (secondary N) is 1. The van der Waals surface area contributed by atoms with Gasteiger partial charge >= 0.3 is 6.61 Å². The minimum atomic E-state index is -3.08. The van der Waals surface area contributed by atoms with Gasteiger partial charge in [0, 0.05) is 32.9 Å². The van der Waals surface area contributed by atoms with Crippen LogP contribution >= 0.6 is 11.6 Å². The van der Waals surface area contributed by atoms with Crippen LogP contribution in [0, 0.1) is 11.3 Å². The van der Waals surface area contributed by atoms with Crippen LogP contribution in [0.25, 0.3) is 23.9 Å². The molecule has 0 spiro atoms. The molecule has 0 aliphatic rings. The molecule has 1 unspecified atom stereocenters. The Hall–Kier alpha value is -3.80. The van der Waals surface area contributed by atoms with Crippen molar-refractivity contribution in [1.82, 2.24) is 4.57 Å². The third-order valence-corrected chi connectivity index (χ3v) is 7.38. The molecule has 1 N–H and O–H groups in total. The SMILES string of the molecule is C=c1c2c(Cl)ccc(NS(=C)(=O)c3ccc(OC(F)F)cc3)c2c(=C)n1Cc1cccc(C#N)c1. The summed E-state index contributed by atoms with van der Waals surface area (Å²) in [5, 5.41) is 12.1. The Morgan fingerprint density at radius 1 is 1.09 bits per heavy atom. The Morgan fingerprint density at radius 2 is 1.77 bits per heavy atom. The Balaban J connectivity index is 1.76. The highest BCUT2D eigenvalue weighted by Crippen LogP contribution is 2.28. The molecular formula is C26H20ClF2N3O2S. The molecule has 0 radical (unpaired) electrons. The van der Waals surface area contributed by atoms with Crippen molar-refractivity contribution < 1.29 is 17.7 Å². The number of aromatic nitrogens is 1. The summed E-state index contributed by atoms with van der Waals surface area (Å²) in [6, 6.07) is 18.1. The number of alkyl halides is 2. The standard InChI is InChI=1S/C26H20ClF2N3O2S/c1-16-24-22(27)11-12-23(31-35(3,33)21-9-7-20(8-10-21)34-26(28)29)25(24)17(2)32(16)15-19-6-4-5-18(13-19)14-30/h4-13,26H,1-3,15H2,(H,31,33). The van der Waals surface area contributed by atoms with E-state index in [0.717, 1.165) is 5.56 Å². The number of hydrogen-bond acceptors (Lipinski definition) is 3. The van der Waals surface area contributed by atoms with E-state index in [1.807, 2.05) is 10.6 Å². The lowest BCUT2D eigenvalue weighted by atomic mass is 10.1. The maximum Gasteiger partial charge on any atom is 0.387 e. The summed E-state index contributed by atoms with van der Waals surface area (Å²) < 4.78 is 47.5. The van der Waals surface area contributed by atoms with Gasteiger partial charge < -0.3 is 14.0 Å². The van der Waals surface area contributed by atoms with E-state index in [0.29, 0.717) is 49.2 Å². The number of fused-ring (bicyclic) bond motifs is 1. The summed E-state index contributed by atoms with van der Waals surface area (Å²) in [6.45, 7) is 5.84. The summed E-state index contributed by atoms with van der Waals surface area (Å²) >= 11 is 6.50. The van der Waals surface area contributed by atoms with Crippen molar-refractivity contribution >= 4 is 56.8 Å². The van der Waals surface area contributed by atoms with Gasteiger partial charge in [-0.3, -0.25) is 0 Å². The summed E-state index contributed by atoms with van der Waals surface area (Å²) in [5.74, 6) is 3.77. The Bertz CT molecular complexity index is 1680. The van der Waals surface area contributed by atoms with E-state index < -0.39 is 16.3 Å². The maximum atomic E-state index is 13.5. The average Bonchev–Trinajstić information content (AvgIpc) is 3.07. The van der Waals surface area contributed by atoms with Crippen LogP contribution < -0.4 is 20.2 Å². The molecule has 0 aliphatic carbocycles. The van der Waals surface area contributed by atoms with Gasteiger partial charge in [0.2, 0.25) is 0 Å². The van der Waals surface area contributed by atoms with Gasteiger partial charge in [-0.25, -0.2) is 4.21 Å². The fourth-order valence-corrected chi connectivity index (χ4v) is 5.35. The van der Waals surface area contributed by atoms with Crippen molar-refractivity contribution in [1.29, 1.82) is 5.26 Å². The molecule has 178 valence electrons. The van der Waals surface area contributed by atoms with Crippen molar-refractivity contribution in [3.63, 3.8) is 0 Å². The first-order chi connectivity index (χ1) is 16.6. The van der Waals surface area contributed by atoms with Crippen LogP contribution in [0.15, 0.2) is 65.6 Å². The lowest BCUT2D eigenvalue weighted by Gasteiger charge is -2.15. The van der Waals surface area contributed by atoms with E-state index in [9.17, 15) is 18.3 Å². The molecule has 0 amide bonds. The molecule has 35 heavy (non-hydrogen) atoms. The van der Waals surface area contributed by atoms with Gasteiger partial charge in [-0.15, -0.1) is 0 Å². The summed E-state index contributed by atoms with van der Waals surface area (Å²) in [6.07, 6.45) is 0. The highest BCUT2D eigenvalue weighted by atomic mass is 35.5. The molecule has 0 saturated carbocycles. The number of nitrogens with zero attached hydrogens (tertiary/aromatic N) is 2. The number of hydrogen-bond donors (Lipinski definition) is 1. The molecule has 0 fully saturated rings. The van der Waals surface area contributed by atoms with Crippen LogP contribution in [0.4, 0.5) is 14.5 Å². The normalized spacial score (nSPS) is 12.9. The molecule has 9 heteroatoms.